The average Bonchev–Trinajstić information content (AvgIpc) is 2.66. The Morgan fingerprint density at radius 2 is 1.68 bits per heavy atom. The monoisotopic (exact) mass is 382 g/mol. The normalized spacial score (nSPS) is 10.8. The van der Waals surface area contributed by atoms with Gasteiger partial charge in [-0.2, -0.15) is 0 Å². The van der Waals surface area contributed by atoms with E-state index in [1.165, 1.54) is 0 Å². The Bertz CT molecular complexity index is 812. The number of carbonyl (C=O) groups is 3. The highest BCUT2D eigenvalue weighted by molar-refractivity contribution is 5.96. The molecular weight excluding hydrogens is 356 g/mol. The van der Waals surface area contributed by atoms with Gasteiger partial charge in [-0.25, -0.2) is 0 Å². The van der Waals surface area contributed by atoms with E-state index in [9.17, 15) is 14.4 Å². The Hall–Kier alpha value is -3.22. The van der Waals surface area contributed by atoms with Crippen molar-refractivity contribution in [3.8, 4) is 0 Å². The number of rotatable bonds is 7. The maximum atomic E-state index is 12.1. The minimum Gasteiger partial charge on any atom is -0.354 e. The zero-order valence-electron chi connectivity index (χ0n) is 16.4. The Labute approximate surface area is 164 Å². The standard InChI is InChI=1S/C21H26N4O3/c1-21(2,3)16-8-6-15(7-9-16)20(28)24-14-19(27)23-12-10-18(26)25-17-5-4-11-22-13-17/h4-9,11,13H,10,12,14H2,1-3H3,(H,23,27)(H,24,28)(H,25,26). The van der Waals surface area contributed by atoms with Crippen molar-refractivity contribution >= 4 is 23.4 Å². The number of aromatic nitrogens is 1. The first-order chi connectivity index (χ1) is 13.3. The van der Waals surface area contributed by atoms with Crippen molar-refractivity contribution in [1.29, 1.82) is 0 Å². The van der Waals surface area contributed by atoms with Crippen LogP contribution in [-0.4, -0.2) is 35.8 Å². The summed E-state index contributed by atoms with van der Waals surface area (Å²) in [4.78, 5) is 39.7. The predicted octanol–water partition coefficient (Wildman–Crippen LogP) is 2.25. The predicted molar refractivity (Wildman–Crippen MR) is 108 cm³/mol. The molecule has 0 radical (unpaired) electrons. The van der Waals surface area contributed by atoms with Crippen molar-refractivity contribution < 1.29 is 14.4 Å². The molecule has 7 nitrogen and oxygen atoms in total. The van der Waals surface area contributed by atoms with Crippen LogP contribution in [0.15, 0.2) is 48.8 Å². The first-order valence-corrected chi connectivity index (χ1v) is 9.11. The molecule has 0 unspecified atom stereocenters. The average molecular weight is 382 g/mol. The fourth-order valence-electron chi connectivity index (χ4n) is 2.42. The number of nitrogens with zero attached hydrogens (tertiary/aromatic N) is 1. The van der Waals surface area contributed by atoms with Gasteiger partial charge in [0.15, 0.2) is 0 Å². The summed E-state index contributed by atoms with van der Waals surface area (Å²) in [5, 5.41) is 7.86. The molecule has 2 rings (SSSR count). The zero-order chi connectivity index (χ0) is 20.6. The van der Waals surface area contributed by atoms with Crippen LogP contribution in [0.2, 0.25) is 0 Å². The van der Waals surface area contributed by atoms with Crippen LogP contribution in [0.5, 0.6) is 0 Å². The van der Waals surface area contributed by atoms with Crippen LogP contribution >= 0.6 is 0 Å². The second-order valence-electron chi connectivity index (χ2n) is 7.40. The molecule has 0 aliphatic rings. The second-order valence-corrected chi connectivity index (χ2v) is 7.40. The maximum Gasteiger partial charge on any atom is 0.251 e. The van der Waals surface area contributed by atoms with Crippen molar-refractivity contribution in [2.24, 2.45) is 0 Å². The highest BCUT2D eigenvalue weighted by Gasteiger charge is 2.14. The van der Waals surface area contributed by atoms with Gasteiger partial charge in [-0.3, -0.25) is 19.4 Å². The first-order valence-electron chi connectivity index (χ1n) is 9.11. The molecule has 28 heavy (non-hydrogen) atoms. The molecule has 7 heteroatoms. The smallest absolute Gasteiger partial charge is 0.251 e. The molecule has 1 aromatic heterocycles. The van der Waals surface area contributed by atoms with E-state index in [1.54, 1.807) is 36.7 Å². The fourth-order valence-corrected chi connectivity index (χ4v) is 2.42. The number of hydrogen-bond acceptors (Lipinski definition) is 4. The van der Waals surface area contributed by atoms with Crippen LogP contribution in [-0.2, 0) is 15.0 Å². The van der Waals surface area contributed by atoms with Gasteiger partial charge in [-0.1, -0.05) is 32.9 Å². The molecule has 1 aromatic carbocycles. The van der Waals surface area contributed by atoms with E-state index >= 15 is 0 Å². The van der Waals surface area contributed by atoms with Crippen LogP contribution in [0.4, 0.5) is 5.69 Å². The first kappa shape index (κ1) is 21.1. The number of nitrogens with one attached hydrogen (secondary N) is 3. The molecule has 0 spiro atoms. The largest absolute Gasteiger partial charge is 0.354 e. The van der Waals surface area contributed by atoms with E-state index in [0.717, 1.165) is 5.56 Å². The maximum absolute atomic E-state index is 12.1. The van der Waals surface area contributed by atoms with Gasteiger partial charge < -0.3 is 16.0 Å². The summed E-state index contributed by atoms with van der Waals surface area (Å²) in [6.07, 6.45) is 3.28. The number of amides is 3. The number of benzene rings is 1. The highest BCUT2D eigenvalue weighted by Crippen LogP contribution is 2.22. The van der Waals surface area contributed by atoms with Gasteiger partial charge in [0.1, 0.15) is 0 Å². The molecule has 0 saturated carbocycles. The van der Waals surface area contributed by atoms with Gasteiger partial charge >= 0.3 is 0 Å². The summed E-state index contributed by atoms with van der Waals surface area (Å²) in [6, 6.07) is 10.8. The van der Waals surface area contributed by atoms with Gasteiger partial charge in [0.25, 0.3) is 5.91 Å². The van der Waals surface area contributed by atoms with E-state index in [1.807, 2.05) is 12.1 Å². The van der Waals surface area contributed by atoms with Crippen LogP contribution in [0.1, 0.15) is 43.1 Å². The lowest BCUT2D eigenvalue weighted by molar-refractivity contribution is -0.120. The molecule has 3 amide bonds. The van der Waals surface area contributed by atoms with Crippen molar-refractivity contribution in [3.63, 3.8) is 0 Å². The number of hydrogen-bond donors (Lipinski definition) is 3. The second kappa shape index (κ2) is 9.64. The molecule has 0 fully saturated rings. The number of carbonyl (C=O) groups excluding carboxylic acids is 3. The summed E-state index contributed by atoms with van der Waals surface area (Å²) < 4.78 is 0. The third-order valence-electron chi connectivity index (χ3n) is 4.04. The molecule has 3 N–H and O–H groups in total. The van der Waals surface area contributed by atoms with E-state index in [-0.39, 0.29) is 42.6 Å². The lowest BCUT2D eigenvalue weighted by Crippen LogP contribution is -2.38. The molecular formula is C21H26N4O3. The summed E-state index contributed by atoms with van der Waals surface area (Å²) in [6.45, 7) is 6.33. The lowest BCUT2D eigenvalue weighted by Gasteiger charge is -2.19. The van der Waals surface area contributed by atoms with Crippen molar-refractivity contribution in [2.75, 3.05) is 18.4 Å². The SMILES string of the molecule is CC(C)(C)c1ccc(C(=O)NCC(=O)NCCC(=O)Nc2cccnc2)cc1. The van der Waals surface area contributed by atoms with Crippen LogP contribution < -0.4 is 16.0 Å². The van der Waals surface area contributed by atoms with Crippen LogP contribution in [0.25, 0.3) is 0 Å². The zero-order valence-corrected chi connectivity index (χ0v) is 16.4. The summed E-state index contributed by atoms with van der Waals surface area (Å²) in [5.41, 5.74) is 2.24. The van der Waals surface area contributed by atoms with E-state index in [4.69, 9.17) is 0 Å². The molecule has 0 aliphatic heterocycles. The summed E-state index contributed by atoms with van der Waals surface area (Å²) in [5.74, 6) is -0.893. The quantitative estimate of drug-likeness (QED) is 0.684. The lowest BCUT2D eigenvalue weighted by atomic mass is 9.87. The minimum absolute atomic E-state index is 0.0121. The van der Waals surface area contributed by atoms with E-state index in [2.05, 4.69) is 41.7 Å². The highest BCUT2D eigenvalue weighted by atomic mass is 16.2. The number of pyridine rings is 1. The fraction of sp³-hybridized carbons (Fsp3) is 0.333. The minimum atomic E-state index is -0.353. The Balaban J connectivity index is 1.69. The topological polar surface area (TPSA) is 100 Å². The van der Waals surface area contributed by atoms with Gasteiger partial charge in [0.2, 0.25) is 11.8 Å². The van der Waals surface area contributed by atoms with Crippen LogP contribution in [0.3, 0.4) is 0 Å². The van der Waals surface area contributed by atoms with E-state index in [0.29, 0.717) is 11.3 Å². The summed E-state index contributed by atoms with van der Waals surface area (Å²) in [7, 11) is 0. The third-order valence-corrected chi connectivity index (χ3v) is 4.04. The molecule has 0 saturated heterocycles. The molecule has 0 aliphatic carbocycles. The van der Waals surface area contributed by atoms with Crippen molar-refractivity contribution in [3.05, 3.63) is 59.9 Å². The van der Waals surface area contributed by atoms with Gasteiger partial charge in [0.05, 0.1) is 18.4 Å². The number of anilines is 1. The van der Waals surface area contributed by atoms with Gasteiger partial charge in [-0.05, 0) is 35.2 Å². The van der Waals surface area contributed by atoms with Gasteiger partial charge in [-0.15, -0.1) is 0 Å². The summed E-state index contributed by atoms with van der Waals surface area (Å²) >= 11 is 0. The Morgan fingerprint density at radius 3 is 2.29 bits per heavy atom. The molecule has 2 aromatic rings. The molecule has 1 heterocycles. The van der Waals surface area contributed by atoms with Crippen LogP contribution in [0, 0.1) is 0 Å². The van der Waals surface area contributed by atoms with Crippen molar-refractivity contribution in [1.82, 2.24) is 15.6 Å². The third kappa shape index (κ3) is 6.83. The molecule has 0 atom stereocenters. The molecule has 148 valence electrons. The Kier molecular flexibility index (Phi) is 7.26. The van der Waals surface area contributed by atoms with E-state index < -0.39 is 0 Å². The molecule has 0 bridgehead atoms. The van der Waals surface area contributed by atoms with Crippen molar-refractivity contribution in [2.45, 2.75) is 32.6 Å². The Morgan fingerprint density at radius 1 is 0.964 bits per heavy atom. The van der Waals surface area contributed by atoms with Gasteiger partial charge in [0, 0.05) is 24.7 Å².